The SMILES string of the molecule is CC(Nc1oc(-c2ccc(OCc3ccccc3)cc2)nc1C#N)c1ccccc1. The Kier molecular flexibility index (Phi) is 5.77. The van der Waals surface area contributed by atoms with Crippen LogP contribution in [0.5, 0.6) is 5.75 Å². The van der Waals surface area contributed by atoms with Crippen LogP contribution in [0.1, 0.15) is 29.8 Å². The Morgan fingerprint density at radius 2 is 1.63 bits per heavy atom. The van der Waals surface area contributed by atoms with E-state index in [0.29, 0.717) is 18.4 Å². The van der Waals surface area contributed by atoms with Crippen LogP contribution in [-0.2, 0) is 6.61 Å². The molecule has 1 aromatic heterocycles. The van der Waals surface area contributed by atoms with Gasteiger partial charge in [-0.05, 0) is 42.3 Å². The number of anilines is 1. The molecule has 1 heterocycles. The molecule has 0 aliphatic rings. The fourth-order valence-electron chi connectivity index (χ4n) is 3.07. The van der Waals surface area contributed by atoms with Crippen molar-refractivity contribution in [2.75, 3.05) is 5.32 Å². The van der Waals surface area contributed by atoms with Gasteiger partial charge in [-0.2, -0.15) is 10.2 Å². The van der Waals surface area contributed by atoms with Crippen LogP contribution in [0.25, 0.3) is 11.5 Å². The van der Waals surface area contributed by atoms with Gasteiger partial charge in [0.25, 0.3) is 0 Å². The summed E-state index contributed by atoms with van der Waals surface area (Å²) in [5, 5.41) is 12.7. The Morgan fingerprint density at radius 1 is 0.967 bits per heavy atom. The van der Waals surface area contributed by atoms with Gasteiger partial charge in [-0.25, -0.2) is 0 Å². The largest absolute Gasteiger partial charge is 0.489 e. The van der Waals surface area contributed by atoms with Gasteiger partial charge in [-0.3, -0.25) is 0 Å². The third-order valence-electron chi connectivity index (χ3n) is 4.73. The zero-order chi connectivity index (χ0) is 20.8. The van der Waals surface area contributed by atoms with Crippen molar-refractivity contribution >= 4 is 5.88 Å². The minimum absolute atomic E-state index is 0.0205. The van der Waals surface area contributed by atoms with Gasteiger partial charge in [0.15, 0.2) is 0 Å². The highest BCUT2D eigenvalue weighted by Gasteiger charge is 2.17. The summed E-state index contributed by atoms with van der Waals surface area (Å²) in [5.74, 6) is 1.52. The lowest BCUT2D eigenvalue weighted by atomic mass is 10.1. The third-order valence-corrected chi connectivity index (χ3v) is 4.73. The predicted octanol–water partition coefficient (Wildman–Crippen LogP) is 5.97. The van der Waals surface area contributed by atoms with E-state index in [4.69, 9.17) is 9.15 Å². The molecular weight excluding hydrogens is 374 g/mol. The topological polar surface area (TPSA) is 71.1 Å². The van der Waals surface area contributed by atoms with Crippen LogP contribution in [0.4, 0.5) is 5.88 Å². The van der Waals surface area contributed by atoms with Gasteiger partial charge >= 0.3 is 0 Å². The average molecular weight is 395 g/mol. The number of benzene rings is 3. The highest BCUT2D eigenvalue weighted by Crippen LogP contribution is 2.29. The third kappa shape index (κ3) is 4.50. The van der Waals surface area contributed by atoms with Crippen molar-refractivity contribution in [2.45, 2.75) is 19.6 Å². The molecule has 5 heteroatoms. The monoisotopic (exact) mass is 395 g/mol. The molecule has 3 aromatic carbocycles. The molecule has 0 fully saturated rings. The minimum atomic E-state index is -0.0205. The van der Waals surface area contributed by atoms with E-state index in [-0.39, 0.29) is 11.7 Å². The normalized spacial score (nSPS) is 11.5. The molecule has 0 saturated carbocycles. The summed E-state index contributed by atoms with van der Waals surface area (Å²) in [6, 6.07) is 29.5. The van der Waals surface area contributed by atoms with Gasteiger partial charge in [0, 0.05) is 5.56 Å². The second-order valence-electron chi connectivity index (χ2n) is 6.88. The fraction of sp³-hybridized carbons (Fsp3) is 0.120. The number of rotatable bonds is 7. The zero-order valence-corrected chi connectivity index (χ0v) is 16.6. The summed E-state index contributed by atoms with van der Waals surface area (Å²) in [4.78, 5) is 4.34. The Bertz CT molecular complexity index is 1130. The van der Waals surface area contributed by atoms with Crippen molar-refractivity contribution in [1.29, 1.82) is 5.26 Å². The highest BCUT2D eigenvalue weighted by atomic mass is 16.5. The molecule has 5 nitrogen and oxygen atoms in total. The van der Waals surface area contributed by atoms with Crippen LogP contribution in [0.15, 0.2) is 89.3 Å². The van der Waals surface area contributed by atoms with Gasteiger partial charge < -0.3 is 14.5 Å². The molecule has 0 bridgehead atoms. The lowest BCUT2D eigenvalue weighted by Crippen LogP contribution is -2.06. The number of aromatic nitrogens is 1. The van der Waals surface area contributed by atoms with Crippen LogP contribution in [0.3, 0.4) is 0 Å². The van der Waals surface area contributed by atoms with E-state index in [9.17, 15) is 5.26 Å². The number of nitrogens with zero attached hydrogens (tertiary/aromatic N) is 2. The fourth-order valence-corrected chi connectivity index (χ4v) is 3.07. The summed E-state index contributed by atoms with van der Waals surface area (Å²) < 4.78 is 11.7. The highest BCUT2D eigenvalue weighted by molar-refractivity contribution is 5.60. The molecular formula is C25H21N3O2. The molecule has 1 unspecified atom stereocenters. The number of hydrogen-bond donors (Lipinski definition) is 1. The first-order valence-corrected chi connectivity index (χ1v) is 9.72. The second kappa shape index (κ2) is 8.97. The van der Waals surface area contributed by atoms with E-state index in [0.717, 1.165) is 22.4 Å². The summed E-state index contributed by atoms with van der Waals surface area (Å²) in [6.45, 7) is 2.51. The van der Waals surface area contributed by atoms with E-state index in [2.05, 4.69) is 16.4 Å². The van der Waals surface area contributed by atoms with E-state index >= 15 is 0 Å². The van der Waals surface area contributed by atoms with E-state index in [1.807, 2.05) is 91.9 Å². The molecule has 4 aromatic rings. The summed E-state index contributed by atoms with van der Waals surface area (Å²) >= 11 is 0. The first-order valence-electron chi connectivity index (χ1n) is 9.72. The molecule has 0 spiro atoms. The Balaban J connectivity index is 1.47. The van der Waals surface area contributed by atoms with Gasteiger partial charge in [0.1, 0.15) is 18.4 Å². The lowest BCUT2D eigenvalue weighted by molar-refractivity contribution is 0.306. The maximum atomic E-state index is 9.45. The number of nitriles is 1. The van der Waals surface area contributed by atoms with Crippen molar-refractivity contribution in [3.05, 3.63) is 102 Å². The summed E-state index contributed by atoms with van der Waals surface area (Å²) in [5.41, 5.74) is 3.21. The first-order chi connectivity index (χ1) is 14.7. The molecule has 0 aliphatic carbocycles. The molecule has 4 rings (SSSR count). The maximum absolute atomic E-state index is 9.45. The van der Waals surface area contributed by atoms with Crippen LogP contribution in [-0.4, -0.2) is 4.98 Å². The summed E-state index contributed by atoms with van der Waals surface area (Å²) in [6.07, 6.45) is 0. The van der Waals surface area contributed by atoms with Crippen LogP contribution < -0.4 is 10.1 Å². The number of hydrogen-bond acceptors (Lipinski definition) is 5. The van der Waals surface area contributed by atoms with E-state index in [1.165, 1.54) is 0 Å². The van der Waals surface area contributed by atoms with Crippen LogP contribution in [0, 0.1) is 11.3 Å². The molecule has 0 amide bonds. The number of oxazole rings is 1. The predicted molar refractivity (Wildman–Crippen MR) is 116 cm³/mol. The van der Waals surface area contributed by atoms with Crippen molar-refractivity contribution in [3.8, 4) is 23.3 Å². The molecule has 148 valence electrons. The number of ether oxygens (including phenoxy) is 1. The van der Waals surface area contributed by atoms with Gasteiger partial charge in [0.05, 0.1) is 6.04 Å². The maximum Gasteiger partial charge on any atom is 0.233 e. The molecule has 0 saturated heterocycles. The average Bonchev–Trinajstić information content (AvgIpc) is 3.22. The van der Waals surface area contributed by atoms with E-state index < -0.39 is 0 Å². The van der Waals surface area contributed by atoms with Crippen molar-refractivity contribution in [2.24, 2.45) is 0 Å². The smallest absolute Gasteiger partial charge is 0.233 e. The molecule has 0 radical (unpaired) electrons. The molecule has 1 atom stereocenters. The first kappa shape index (κ1) is 19.3. The van der Waals surface area contributed by atoms with Crippen molar-refractivity contribution in [1.82, 2.24) is 4.98 Å². The van der Waals surface area contributed by atoms with Crippen molar-refractivity contribution < 1.29 is 9.15 Å². The van der Waals surface area contributed by atoms with E-state index in [1.54, 1.807) is 0 Å². The minimum Gasteiger partial charge on any atom is -0.489 e. The standard InChI is InChI=1S/C25H21N3O2/c1-18(20-10-6-3-7-11-20)27-25-23(16-26)28-24(30-25)21-12-14-22(15-13-21)29-17-19-8-4-2-5-9-19/h2-15,18,27H,17H2,1H3. The van der Waals surface area contributed by atoms with Crippen LogP contribution >= 0.6 is 0 Å². The van der Waals surface area contributed by atoms with Gasteiger partial charge in [0.2, 0.25) is 17.5 Å². The lowest BCUT2D eigenvalue weighted by Gasteiger charge is -2.13. The second-order valence-corrected chi connectivity index (χ2v) is 6.88. The Hall–Kier alpha value is -4.04. The Morgan fingerprint density at radius 3 is 2.30 bits per heavy atom. The van der Waals surface area contributed by atoms with Gasteiger partial charge in [-0.1, -0.05) is 60.7 Å². The quantitative estimate of drug-likeness (QED) is 0.418. The zero-order valence-electron chi connectivity index (χ0n) is 16.6. The molecule has 0 aliphatic heterocycles. The van der Waals surface area contributed by atoms with Crippen molar-refractivity contribution in [3.63, 3.8) is 0 Å². The number of nitrogens with one attached hydrogen (secondary N) is 1. The Labute approximate surface area is 175 Å². The summed E-state index contributed by atoms with van der Waals surface area (Å²) in [7, 11) is 0. The molecule has 1 N–H and O–H groups in total. The van der Waals surface area contributed by atoms with Gasteiger partial charge in [-0.15, -0.1) is 0 Å². The van der Waals surface area contributed by atoms with Crippen LogP contribution in [0.2, 0.25) is 0 Å². The molecule has 30 heavy (non-hydrogen) atoms.